The van der Waals surface area contributed by atoms with Gasteiger partial charge < -0.3 is 4.57 Å². The van der Waals surface area contributed by atoms with E-state index in [0.29, 0.717) is 0 Å². The number of fused-ring (bicyclic) bond motifs is 3. The summed E-state index contributed by atoms with van der Waals surface area (Å²) in [6.45, 7) is 4.24. The molecule has 0 saturated heterocycles. The minimum atomic E-state index is 0.906. The van der Waals surface area contributed by atoms with E-state index in [1.54, 1.807) is 6.20 Å². The zero-order valence-corrected chi connectivity index (χ0v) is 28.4. The Kier molecular flexibility index (Phi) is 9.47. The number of aromatic nitrogens is 5. The monoisotopic (exact) mass is 647 g/mol. The van der Waals surface area contributed by atoms with Gasteiger partial charge in [-0.3, -0.25) is 4.98 Å². The topological polar surface area (TPSA) is 56.5 Å². The molecule has 0 unspecified atom stereocenters. The first-order chi connectivity index (χ1) is 24.5. The molecule has 0 amide bonds. The van der Waals surface area contributed by atoms with Crippen molar-refractivity contribution in [3.8, 4) is 34.0 Å². The number of nitrogens with zero attached hydrogens (tertiary/aromatic N) is 5. The Bertz CT molecular complexity index is 2390. The smallest absolute Gasteiger partial charge is 0.140 e. The van der Waals surface area contributed by atoms with Crippen LogP contribution in [0, 0.1) is 13.8 Å². The third kappa shape index (κ3) is 7.03. The van der Waals surface area contributed by atoms with Gasteiger partial charge >= 0.3 is 0 Å². The van der Waals surface area contributed by atoms with Crippen molar-refractivity contribution in [1.82, 2.24) is 24.5 Å². The molecular weight excluding hydrogens is 611 g/mol. The maximum Gasteiger partial charge on any atom is 0.140 e. The van der Waals surface area contributed by atoms with E-state index in [1.807, 2.05) is 84.9 Å². The molecule has 0 aliphatic heterocycles. The molecule has 9 aromatic rings. The summed E-state index contributed by atoms with van der Waals surface area (Å²) in [5, 5.41) is 2.49. The summed E-state index contributed by atoms with van der Waals surface area (Å²) in [7, 11) is 2.05. The van der Waals surface area contributed by atoms with Crippen LogP contribution in [0.3, 0.4) is 0 Å². The fraction of sp³-hybridized carbons (Fsp3) is 0.0667. The first-order valence-electron chi connectivity index (χ1n) is 16.7. The molecule has 0 radical (unpaired) electrons. The van der Waals surface area contributed by atoms with E-state index in [0.717, 1.165) is 50.6 Å². The molecule has 0 aliphatic carbocycles. The van der Waals surface area contributed by atoms with Gasteiger partial charge in [0.15, 0.2) is 0 Å². The molecule has 0 atom stereocenters. The van der Waals surface area contributed by atoms with Gasteiger partial charge in [-0.1, -0.05) is 115 Å². The van der Waals surface area contributed by atoms with Gasteiger partial charge in [0.05, 0.1) is 39.1 Å². The maximum absolute atomic E-state index is 4.71. The van der Waals surface area contributed by atoms with E-state index in [4.69, 9.17) is 4.98 Å². The standard InChI is InChI=1S/C17H14N2.C14H12N2.C14H11N/c1-13-11-16(14-7-3-2-4-8-14)19-17(12-13)15-9-5-6-10-18-15;1-16-13-10-6-5-9-12(13)15-14(16)11-7-3-2-4-8-11;1-10-11-6-2-4-8-13(11)15-14-9-5-3-7-12(10)14/h2-12H,1H3;2-10H,1H3;2-9H,1H3. The second-order valence-corrected chi connectivity index (χ2v) is 12.1. The first-order valence-corrected chi connectivity index (χ1v) is 16.7. The normalized spacial score (nSPS) is 10.7. The summed E-state index contributed by atoms with van der Waals surface area (Å²) in [5.74, 6) is 1.02. The lowest BCUT2D eigenvalue weighted by Crippen LogP contribution is -1.91. The lowest BCUT2D eigenvalue weighted by molar-refractivity contribution is 0.959. The van der Waals surface area contributed by atoms with Gasteiger partial charge in [-0.2, -0.15) is 0 Å². The van der Waals surface area contributed by atoms with Crippen molar-refractivity contribution in [3.63, 3.8) is 0 Å². The second-order valence-electron chi connectivity index (χ2n) is 12.1. The van der Waals surface area contributed by atoms with Crippen LogP contribution >= 0.6 is 0 Å². The predicted molar refractivity (Wildman–Crippen MR) is 208 cm³/mol. The van der Waals surface area contributed by atoms with E-state index in [-0.39, 0.29) is 0 Å². The number of imidazole rings is 1. The summed E-state index contributed by atoms with van der Waals surface area (Å²) in [5.41, 5.74) is 12.0. The second kappa shape index (κ2) is 14.8. The Balaban J connectivity index is 0.000000118. The molecule has 0 spiro atoms. The summed E-state index contributed by atoms with van der Waals surface area (Å²) < 4.78 is 2.13. The molecular formula is C45H37N5. The van der Waals surface area contributed by atoms with Crippen LogP contribution in [0.25, 0.3) is 66.9 Å². The molecule has 5 heteroatoms. The van der Waals surface area contributed by atoms with Gasteiger partial charge in [-0.15, -0.1) is 0 Å². The van der Waals surface area contributed by atoms with E-state index in [9.17, 15) is 0 Å². The van der Waals surface area contributed by atoms with Crippen LogP contribution in [0.15, 0.2) is 170 Å². The average Bonchev–Trinajstić information content (AvgIpc) is 3.52. The molecule has 242 valence electrons. The molecule has 0 N–H and O–H groups in total. The summed E-state index contributed by atoms with van der Waals surface area (Å²) in [6, 6.07) is 55.3. The maximum atomic E-state index is 4.71. The molecule has 5 nitrogen and oxygen atoms in total. The predicted octanol–water partition coefficient (Wildman–Crippen LogP) is 11.1. The zero-order chi connectivity index (χ0) is 34.3. The third-order valence-electron chi connectivity index (χ3n) is 8.64. The summed E-state index contributed by atoms with van der Waals surface area (Å²) >= 11 is 0. The van der Waals surface area contributed by atoms with Crippen LogP contribution in [0.2, 0.25) is 0 Å². The highest BCUT2D eigenvalue weighted by atomic mass is 15.1. The molecule has 4 aromatic heterocycles. The van der Waals surface area contributed by atoms with Crippen LogP contribution < -0.4 is 0 Å². The number of aryl methyl sites for hydroxylation is 3. The SMILES string of the molecule is Cc1c2ccccc2nc2ccccc12.Cc1cc(-c2ccccc2)nc(-c2ccccn2)c1.Cn1c(-c2ccccc2)nc2ccccc21. The van der Waals surface area contributed by atoms with Crippen LogP contribution in [0.4, 0.5) is 0 Å². The van der Waals surface area contributed by atoms with E-state index < -0.39 is 0 Å². The summed E-state index contributed by atoms with van der Waals surface area (Å²) in [6.07, 6.45) is 1.79. The van der Waals surface area contributed by atoms with E-state index in [1.165, 1.54) is 27.4 Å². The first kappa shape index (κ1) is 32.1. The van der Waals surface area contributed by atoms with Gasteiger partial charge in [-0.25, -0.2) is 15.0 Å². The highest BCUT2D eigenvalue weighted by Gasteiger charge is 2.08. The van der Waals surface area contributed by atoms with Gasteiger partial charge in [0.25, 0.3) is 0 Å². The number of hydrogen-bond donors (Lipinski definition) is 0. The molecule has 0 bridgehead atoms. The zero-order valence-electron chi connectivity index (χ0n) is 28.4. The Hall–Kier alpha value is -6.46. The molecule has 0 fully saturated rings. The molecule has 0 aliphatic rings. The Morgan fingerprint density at radius 2 is 0.980 bits per heavy atom. The van der Waals surface area contributed by atoms with Crippen molar-refractivity contribution in [2.24, 2.45) is 7.05 Å². The van der Waals surface area contributed by atoms with Crippen LogP contribution in [0.1, 0.15) is 11.1 Å². The number of para-hydroxylation sites is 4. The molecule has 5 aromatic carbocycles. The number of rotatable bonds is 3. The summed E-state index contributed by atoms with van der Waals surface area (Å²) in [4.78, 5) is 18.4. The van der Waals surface area contributed by atoms with Crippen molar-refractivity contribution in [3.05, 3.63) is 181 Å². The minimum Gasteiger partial charge on any atom is -0.327 e. The van der Waals surface area contributed by atoms with Crippen LogP contribution in [-0.4, -0.2) is 24.5 Å². The lowest BCUT2D eigenvalue weighted by Gasteiger charge is -2.06. The Morgan fingerprint density at radius 3 is 1.60 bits per heavy atom. The number of pyridine rings is 3. The minimum absolute atomic E-state index is 0.906. The fourth-order valence-corrected chi connectivity index (χ4v) is 6.11. The quantitative estimate of drug-likeness (QED) is 0.179. The molecule has 4 heterocycles. The highest BCUT2D eigenvalue weighted by Crippen LogP contribution is 2.26. The van der Waals surface area contributed by atoms with E-state index in [2.05, 4.69) is 119 Å². The fourth-order valence-electron chi connectivity index (χ4n) is 6.11. The average molecular weight is 648 g/mol. The van der Waals surface area contributed by atoms with Crippen molar-refractivity contribution < 1.29 is 0 Å². The van der Waals surface area contributed by atoms with E-state index >= 15 is 0 Å². The number of hydrogen-bond acceptors (Lipinski definition) is 4. The lowest BCUT2D eigenvalue weighted by atomic mass is 10.0. The van der Waals surface area contributed by atoms with Gasteiger partial charge in [0.1, 0.15) is 5.82 Å². The van der Waals surface area contributed by atoms with Crippen molar-refractivity contribution in [2.45, 2.75) is 13.8 Å². The Morgan fingerprint density at radius 1 is 0.440 bits per heavy atom. The largest absolute Gasteiger partial charge is 0.327 e. The highest BCUT2D eigenvalue weighted by molar-refractivity contribution is 5.97. The van der Waals surface area contributed by atoms with Crippen molar-refractivity contribution >= 4 is 32.8 Å². The Labute approximate surface area is 292 Å². The van der Waals surface area contributed by atoms with Crippen LogP contribution in [-0.2, 0) is 7.05 Å². The van der Waals surface area contributed by atoms with Gasteiger partial charge in [-0.05, 0) is 73.5 Å². The number of benzene rings is 5. The third-order valence-corrected chi connectivity index (χ3v) is 8.64. The van der Waals surface area contributed by atoms with Crippen LogP contribution in [0.5, 0.6) is 0 Å². The van der Waals surface area contributed by atoms with Crippen molar-refractivity contribution in [2.75, 3.05) is 0 Å². The van der Waals surface area contributed by atoms with Crippen molar-refractivity contribution in [1.29, 1.82) is 0 Å². The molecule has 9 rings (SSSR count). The molecule has 0 saturated carbocycles. The molecule has 50 heavy (non-hydrogen) atoms. The van der Waals surface area contributed by atoms with Gasteiger partial charge in [0, 0.05) is 35.1 Å². The van der Waals surface area contributed by atoms with Gasteiger partial charge in [0.2, 0.25) is 0 Å².